The zero-order valence-corrected chi connectivity index (χ0v) is 13.1. The number of carbonyl (C=O) groups is 1. The van der Waals surface area contributed by atoms with E-state index in [0.717, 1.165) is 28.1 Å². The third kappa shape index (κ3) is 3.69. The Labute approximate surface area is 134 Å². The Balaban J connectivity index is 1.65. The summed E-state index contributed by atoms with van der Waals surface area (Å²) in [7, 11) is 0. The Morgan fingerprint density at radius 1 is 1.22 bits per heavy atom. The van der Waals surface area contributed by atoms with Crippen LogP contribution >= 0.6 is 0 Å². The minimum atomic E-state index is -0.0753. The standard InChI is InChI=1S/C18H18N2O3/c1-3-22-15-7-5-14(6-8-15)20-18(21)11-13-4-9-17-16(10-13)19-12(2)23-17/h4-10H,3,11H2,1-2H3,(H,20,21). The van der Waals surface area contributed by atoms with Crippen molar-refractivity contribution in [1.82, 2.24) is 4.98 Å². The number of hydrogen-bond acceptors (Lipinski definition) is 4. The van der Waals surface area contributed by atoms with Crippen molar-refractivity contribution in [3.8, 4) is 5.75 Å². The molecule has 3 aromatic rings. The van der Waals surface area contributed by atoms with Gasteiger partial charge in [0.1, 0.15) is 11.3 Å². The van der Waals surface area contributed by atoms with Crippen molar-refractivity contribution >= 4 is 22.7 Å². The normalized spacial score (nSPS) is 10.7. The Kier molecular flexibility index (Phi) is 4.28. The molecule has 0 bridgehead atoms. The van der Waals surface area contributed by atoms with Crippen molar-refractivity contribution in [2.75, 3.05) is 11.9 Å². The molecule has 1 heterocycles. The van der Waals surface area contributed by atoms with Gasteiger partial charge in [-0.1, -0.05) is 6.07 Å². The van der Waals surface area contributed by atoms with Gasteiger partial charge in [0.15, 0.2) is 11.5 Å². The number of aromatic nitrogens is 1. The lowest BCUT2D eigenvalue weighted by atomic mass is 10.1. The van der Waals surface area contributed by atoms with Crippen LogP contribution in [-0.2, 0) is 11.2 Å². The van der Waals surface area contributed by atoms with Crippen LogP contribution in [0.15, 0.2) is 46.9 Å². The van der Waals surface area contributed by atoms with Crippen LogP contribution in [0.25, 0.3) is 11.1 Å². The molecule has 0 saturated carbocycles. The van der Waals surface area contributed by atoms with Crippen LogP contribution in [0.5, 0.6) is 5.75 Å². The molecule has 3 rings (SSSR count). The zero-order valence-electron chi connectivity index (χ0n) is 13.1. The Morgan fingerprint density at radius 2 is 2.00 bits per heavy atom. The van der Waals surface area contributed by atoms with Crippen molar-refractivity contribution in [3.63, 3.8) is 0 Å². The maximum absolute atomic E-state index is 12.1. The molecule has 0 aliphatic carbocycles. The van der Waals surface area contributed by atoms with Gasteiger partial charge in [0.2, 0.25) is 5.91 Å². The molecule has 0 fully saturated rings. The lowest BCUT2D eigenvalue weighted by Gasteiger charge is -2.07. The number of nitrogens with zero attached hydrogens (tertiary/aromatic N) is 1. The first-order chi connectivity index (χ1) is 11.1. The number of amides is 1. The second-order valence-electron chi connectivity index (χ2n) is 5.22. The van der Waals surface area contributed by atoms with Crippen molar-refractivity contribution in [3.05, 3.63) is 53.9 Å². The number of carbonyl (C=O) groups excluding carboxylic acids is 1. The van der Waals surface area contributed by atoms with Gasteiger partial charge in [0.25, 0.3) is 0 Å². The summed E-state index contributed by atoms with van der Waals surface area (Å²) in [6, 6.07) is 12.9. The van der Waals surface area contributed by atoms with Crippen LogP contribution in [0.4, 0.5) is 5.69 Å². The molecule has 0 saturated heterocycles. The van der Waals surface area contributed by atoms with Gasteiger partial charge in [-0.25, -0.2) is 4.98 Å². The fraction of sp³-hybridized carbons (Fsp3) is 0.222. The molecule has 5 nitrogen and oxygen atoms in total. The topological polar surface area (TPSA) is 64.4 Å². The first-order valence-corrected chi connectivity index (χ1v) is 7.53. The minimum absolute atomic E-state index is 0.0753. The van der Waals surface area contributed by atoms with E-state index in [1.54, 1.807) is 6.92 Å². The summed E-state index contributed by atoms with van der Waals surface area (Å²) in [6.07, 6.45) is 0.287. The largest absolute Gasteiger partial charge is 0.494 e. The average molecular weight is 310 g/mol. The number of rotatable bonds is 5. The van der Waals surface area contributed by atoms with Gasteiger partial charge in [-0.15, -0.1) is 0 Å². The number of ether oxygens (including phenoxy) is 1. The fourth-order valence-electron chi connectivity index (χ4n) is 2.39. The van der Waals surface area contributed by atoms with Gasteiger partial charge in [0, 0.05) is 12.6 Å². The molecule has 1 N–H and O–H groups in total. The average Bonchev–Trinajstić information content (AvgIpc) is 2.89. The van der Waals surface area contributed by atoms with Crippen LogP contribution in [0.1, 0.15) is 18.4 Å². The van der Waals surface area contributed by atoms with E-state index in [4.69, 9.17) is 9.15 Å². The molecule has 0 aliphatic heterocycles. The summed E-state index contributed by atoms with van der Waals surface area (Å²) in [5, 5.41) is 2.87. The van der Waals surface area contributed by atoms with Crippen LogP contribution in [-0.4, -0.2) is 17.5 Å². The van der Waals surface area contributed by atoms with Gasteiger partial charge in [-0.3, -0.25) is 4.79 Å². The van der Waals surface area contributed by atoms with E-state index in [-0.39, 0.29) is 12.3 Å². The van der Waals surface area contributed by atoms with Crippen molar-refractivity contribution < 1.29 is 13.9 Å². The summed E-state index contributed by atoms with van der Waals surface area (Å²) in [6.45, 7) is 4.36. The Hall–Kier alpha value is -2.82. The highest BCUT2D eigenvalue weighted by Crippen LogP contribution is 2.18. The van der Waals surface area contributed by atoms with Gasteiger partial charge in [-0.2, -0.15) is 0 Å². The highest BCUT2D eigenvalue weighted by atomic mass is 16.5. The number of fused-ring (bicyclic) bond motifs is 1. The second-order valence-corrected chi connectivity index (χ2v) is 5.22. The van der Waals surface area contributed by atoms with Gasteiger partial charge >= 0.3 is 0 Å². The van der Waals surface area contributed by atoms with Crippen LogP contribution in [0, 0.1) is 6.92 Å². The van der Waals surface area contributed by atoms with Gasteiger partial charge < -0.3 is 14.5 Å². The first-order valence-electron chi connectivity index (χ1n) is 7.53. The molecule has 2 aromatic carbocycles. The van der Waals surface area contributed by atoms with E-state index in [0.29, 0.717) is 12.5 Å². The summed E-state index contributed by atoms with van der Waals surface area (Å²) in [4.78, 5) is 16.4. The molecule has 0 spiro atoms. The second kappa shape index (κ2) is 6.52. The van der Waals surface area contributed by atoms with Crippen molar-refractivity contribution in [1.29, 1.82) is 0 Å². The number of aryl methyl sites for hydroxylation is 1. The van der Waals surface area contributed by atoms with E-state index in [9.17, 15) is 4.79 Å². The molecule has 0 atom stereocenters. The highest BCUT2D eigenvalue weighted by Gasteiger charge is 2.08. The fourth-order valence-corrected chi connectivity index (χ4v) is 2.39. The van der Waals surface area contributed by atoms with Gasteiger partial charge in [-0.05, 0) is 48.9 Å². The molecule has 0 aliphatic rings. The van der Waals surface area contributed by atoms with E-state index >= 15 is 0 Å². The number of anilines is 1. The summed E-state index contributed by atoms with van der Waals surface area (Å²) < 4.78 is 10.8. The molecule has 118 valence electrons. The van der Waals surface area contributed by atoms with Crippen LogP contribution in [0.3, 0.4) is 0 Å². The molecular weight excluding hydrogens is 292 g/mol. The lowest BCUT2D eigenvalue weighted by molar-refractivity contribution is -0.115. The maximum Gasteiger partial charge on any atom is 0.228 e. The van der Waals surface area contributed by atoms with E-state index in [1.165, 1.54) is 0 Å². The third-order valence-corrected chi connectivity index (χ3v) is 3.37. The predicted molar refractivity (Wildman–Crippen MR) is 88.7 cm³/mol. The molecule has 5 heteroatoms. The monoisotopic (exact) mass is 310 g/mol. The SMILES string of the molecule is CCOc1ccc(NC(=O)Cc2ccc3oc(C)nc3c2)cc1. The molecule has 0 radical (unpaired) electrons. The predicted octanol–water partition coefficient (Wildman–Crippen LogP) is 3.72. The molecule has 23 heavy (non-hydrogen) atoms. The summed E-state index contributed by atoms with van der Waals surface area (Å²) >= 11 is 0. The number of oxazole rings is 1. The first kappa shape index (κ1) is 15.1. The minimum Gasteiger partial charge on any atom is -0.494 e. The molecule has 1 aromatic heterocycles. The molecule has 0 unspecified atom stereocenters. The summed E-state index contributed by atoms with van der Waals surface area (Å²) in [5.74, 6) is 1.34. The Bertz CT molecular complexity index is 822. The van der Waals surface area contributed by atoms with E-state index < -0.39 is 0 Å². The Morgan fingerprint density at radius 3 is 2.74 bits per heavy atom. The quantitative estimate of drug-likeness (QED) is 0.780. The number of benzene rings is 2. The van der Waals surface area contributed by atoms with E-state index in [2.05, 4.69) is 10.3 Å². The lowest BCUT2D eigenvalue weighted by Crippen LogP contribution is -2.14. The number of hydrogen-bond donors (Lipinski definition) is 1. The smallest absolute Gasteiger partial charge is 0.228 e. The van der Waals surface area contributed by atoms with Crippen molar-refractivity contribution in [2.45, 2.75) is 20.3 Å². The maximum atomic E-state index is 12.1. The molecule has 1 amide bonds. The zero-order chi connectivity index (χ0) is 16.2. The number of nitrogens with one attached hydrogen (secondary N) is 1. The highest BCUT2D eigenvalue weighted by molar-refractivity contribution is 5.92. The van der Waals surface area contributed by atoms with Crippen LogP contribution < -0.4 is 10.1 Å². The van der Waals surface area contributed by atoms with Crippen LogP contribution in [0.2, 0.25) is 0 Å². The van der Waals surface area contributed by atoms with E-state index in [1.807, 2.05) is 49.4 Å². The van der Waals surface area contributed by atoms with Gasteiger partial charge in [0.05, 0.1) is 13.0 Å². The molecular formula is C18H18N2O3. The summed E-state index contributed by atoms with van der Waals surface area (Å²) in [5.41, 5.74) is 3.15. The third-order valence-electron chi connectivity index (χ3n) is 3.37. The van der Waals surface area contributed by atoms with Crippen molar-refractivity contribution in [2.24, 2.45) is 0 Å².